The highest BCUT2D eigenvalue weighted by Crippen LogP contribution is 2.30. The molecule has 2 bridgehead atoms. The van der Waals surface area contributed by atoms with Crippen LogP contribution in [-0.4, -0.2) is 18.2 Å². The number of ether oxygens (including phenoxy) is 2. The topological polar surface area (TPSA) is 55.8 Å². The third kappa shape index (κ3) is 3.09. The Morgan fingerprint density at radius 1 is 1.25 bits per heavy atom. The van der Waals surface area contributed by atoms with Crippen LogP contribution in [0.15, 0.2) is 42.5 Å². The lowest BCUT2D eigenvalue weighted by molar-refractivity contribution is 0.0696. The summed E-state index contributed by atoms with van der Waals surface area (Å²) in [6.07, 6.45) is 0. The summed E-state index contributed by atoms with van der Waals surface area (Å²) < 4.78 is 10.3. The molecule has 0 radical (unpaired) electrons. The predicted octanol–water partition coefficient (Wildman–Crippen LogP) is 3.28. The Kier molecular flexibility index (Phi) is 4.25. The predicted molar refractivity (Wildman–Crippen MR) is 75.5 cm³/mol. The van der Waals surface area contributed by atoms with E-state index >= 15 is 0 Å². The quantitative estimate of drug-likeness (QED) is 0.911. The lowest BCUT2D eigenvalue weighted by atomic mass is 10.1. The van der Waals surface area contributed by atoms with Crippen LogP contribution >= 0.6 is 0 Å². The molecule has 4 nitrogen and oxygen atoms in total. The molecular weight excluding hydrogens is 256 g/mol. The zero-order chi connectivity index (χ0) is 14.5. The normalized spacial score (nSPS) is 11.1. The summed E-state index contributed by atoms with van der Waals surface area (Å²) in [6.45, 7) is 2.44. The molecule has 0 fully saturated rings. The third-order valence-electron chi connectivity index (χ3n) is 3.03. The van der Waals surface area contributed by atoms with Crippen LogP contribution < -0.4 is 9.47 Å². The smallest absolute Gasteiger partial charge is 0.335 e. The van der Waals surface area contributed by atoms with Crippen molar-refractivity contribution in [1.29, 1.82) is 0 Å². The van der Waals surface area contributed by atoms with E-state index in [1.165, 1.54) is 0 Å². The second-order valence-electron chi connectivity index (χ2n) is 4.38. The second-order valence-corrected chi connectivity index (χ2v) is 4.38. The van der Waals surface area contributed by atoms with Crippen molar-refractivity contribution >= 4 is 5.97 Å². The van der Waals surface area contributed by atoms with Crippen molar-refractivity contribution in [2.45, 2.75) is 13.5 Å². The molecule has 0 aromatic heterocycles. The minimum absolute atomic E-state index is 0.377. The molecule has 0 amide bonds. The van der Waals surface area contributed by atoms with Crippen molar-refractivity contribution < 1.29 is 19.4 Å². The Balaban J connectivity index is 0.000000147. The first kappa shape index (κ1) is 13.9. The zero-order valence-corrected chi connectivity index (χ0v) is 11.4. The summed E-state index contributed by atoms with van der Waals surface area (Å²) in [5.41, 5.74) is 2.30. The van der Waals surface area contributed by atoms with Gasteiger partial charge in [0.15, 0.2) is 0 Å². The molecule has 2 aliphatic rings. The van der Waals surface area contributed by atoms with Crippen LogP contribution in [-0.2, 0) is 6.61 Å². The molecule has 1 N–H and O–H groups in total. The van der Waals surface area contributed by atoms with Gasteiger partial charge >= 0.3 is 5.97 Å². The lowest BCUT2D eigenvalue weighted by Crippen LogP contribution is -2.04. The number of carbonyl (C=O) groups is 1. The van der Waals surface area contributed by atoms with E-state index in [0.29, 0.717) is 12.2 Å². The first-order valence-electron chi connectivity index (χ1n) is 6.20. The molecule has 4 rings (SSSR count). The number of carboxylic acids is 1. The minimum Gasteiger partial charge on any atom is -0.496 e. The van der Waals surface area contributed by atoms with Crippen LogP contribution in [0.5, 0.6) is 11.5 Å². The molecule has 0 saturated heterocycles. The number of fused-ring (bicyclic) bond motifs is 3. The van der Waals surface area contributed by atoms with Crippen LogP contribution in [0.25, 0.3) is 0 Å². The number of aryl methyl sites for hydroxylation is 1. The van der Waals surface area contributed by atoms with E-state index in [4.69, 9.17) is 14.6 Å². The maximum absolute atomic E-state index is 10.4. The minimum atomic E-state index is -0.863. The lowest BCUT2D eigenvalue weighted by Gasteiger charge is -2.17. The summed E-state index contributed by atoms with van der Waals surface area (Å²) in [4.78, 5) is 10.4. The van der Waals surface area contributed by atoms with Gasteiger partial charge in [-0.2, -0.15) is 0 Å². The molecule has 0 aliphatic carbocycles. The number of aromatic carboxylic acids is 1. The molecule has 0 spiro atoms. The van der Waals surface area contributed by atoms with Gasteiger partial charge < -0.3 is 14.6 Å². The standard InChI is InChI=1S/2C8H8O2/c1-9-8-4-7-3-2-6(8)5-10-7;1-6-4-2-3-5-7(6)8(9)10/h2-4H,5H2,1H3;2-5H,1H3,(H,9,10). The van der Waals surface area contributed by atoms with Crippen LogP contribution in [0.2, 0.25) is 0 Å². The van der Waals surface area contributed by atoms with Gasteiger partial charge in [0.2, 0.25) is 0 Å². The summed E-state index contributed by atoms with van der Waals surface area (Å²) in [5, 5.41) is 8.57. The molecule has 4 heteroatoms. The first-order chi connectivity index (χ1) is 9.61. The molecule has 0 unspecified atom stereocenters. The maximum Gasteiger partial charge on any atom is 0.335 e. The number of methoxy groups -OCH3 is 1. The van der Waals surface area contributed by atoms with Gasteiger partial charge in [0.05, 0.1) is 12.7 Å². The summed E-state index contributed by atoms with van der Waals surface area (Å²) in [7, 11) is 1.67. The molecule has 104 valence electrons. The van der Waals surface area contributed by atoms with Crippen LogP contribution in [0.4, 0.5) is 0 Å². The fraction of sp³-hybridized carbons (Fsp3) is 0.188. The van der Waals surface area contributed by atoms with Gasteiger partial charge in [-0.05, 0) is 30.7 Å². The molecule has 2 heterocycles. The largest absolute Gasteiger partial charge is 0.496 e. The van der Waals surface area contributed by atoms with E-state index in [1.807, 2.05) is 24.3 Å². The number of hydrogen-bond acceptors (Lipinski definition) is 3. The van der Waals surface area contributed by atoms with Crippen molar-refractivity contribution in [3.05, 3.63) is 59.2 Å². The first-order valence-corrected chi connectivity index (χ1v) is 6.20. The van der Waals surface area contributed by atoms with Crippen molar-refractivity contribution in [2.24, 2.45) is 0 Å². The maximum atomic E-state index is 10.4. The van der Waals surface area contributed by atoms with E-state index in [0.717, 1.165) is 22.6 Å². The van der Waals surface area contributed by atoms with Gasteiger partial charge in [-0.25, -0.2) is 4.79 Å². The van der Waals surface area contributed by atoms with E-state index in [9.17, 15) is 4.79 Å². The fourth-order valence-corrected chi connectivity index (χ4v) is 1.91. The van der Waals surface area contributed by atoms with Crippen LogP contribution in [0.1, 0.15) is 21.5 Å². The van der Waals surface area contributed by atoms with Crippen LogP contribution in [0.3, 0.4) is 0 Å². The van der Waals surface area contributed by atoms with Gasteiger partial charge in [-0.15, -0.1) is 0 Å². The van der Waals surface area contributed by atoms with E-state index in [-0.39, 0.29) is 0 Å². The zero-order valence-electron chi connectivity index (χ0n) is 11.4. The summed E-state index contributed by atoms with van der Waals surface area (Å²) in [5.74, 6) is 0.966. The Morgan fingerprint density at radius 3 is 2.35 bits per heavy atom. The van der Waals surface area contributed by atoms with Gasteiger partial charge in [0.1, 0.15) is 18.1 Å². The highest BCUT2D eigenvalue weighted by atomic mass is 16.5. The summed E-state index contributed by atoms with van der Waals surface area (Å²) >= 11 is 0. The van der Waals surface area contributed by atoms with Crippen molar-refractivity contribution in [1.82, 2.24) is 0 Å². The number of benzene rings is 2. The third-order valence-corrected chi connectivity index (χ3v) is 3.03. The Bertz CT molecular complexity index is 620. The Hall–Kier alpha value is -2.49. The van der Waals surface area contributed by atoms with E-state index in [2.05, 4.69) is 0 Å². The highest BCUT2D eigenvalue weighted by molar-refractivity contribution is 5.89. The van der Waals surface area contributed by atoms with Crippen LogP contribution in [0, 0.1) is 6.92 Å². The van der Waals surface area contributed by atoms with Crippen molar-refractivity contribution in [3.8, 4) is 11.5 Å². The number of rotatable bonds is 2. The molecule has 0 atom stereocenters. The van der Waals surface area contributed by atoms with Gasteiger partial charge in [0.25, 0.3) is 0 Å². The highest BCUT2D eigenvalue weighted by Gasteiger charge is 2.11. The molecule has 20 heavy (non-hydrogen) atoms. The van der Waals surface area contributed by atoms with Gasteiger partial charge in [-0.1, -0.05) is 18.2 Å². The molecule has 0 saturated carbocycles. The SMILES string of the molecule is COc1cc2ccc1CO2.Cc1ccccc1C(=O)O. The van der Waals surface area contributed by atoms with Gasteiger partial charge in [0, 0.05) is 11.6 Å². The second kappa shape index (κ2) is 6.10. The monoisotopic (exact) mass is 272 g/mol. The number of hydrogen-bond donors (Lipinski definition) is 1. The molecule has 2 aliphatic heterocycles. The molecule has 2 aromatic rings. The number of carboxylic acid groups (broad SMARTS) is 1. The summed E-state index contributed by atoms with van der Waals surface area (Å²) in [6, 6.07) is 12.8. The van der Waals surface area contributed by atoms with E-state index < -0.39 is 5.97 Å². The Labute approximate surface area is 117 Å². The average molecular weight is 272 g/mol. The van der Waals surface area contributed by atoms with Gasteiger partial charge in [-0.3, -0.25) is 0 Å². The van der Waals surface area contributed by atoms with E-state index in [1.54, 1.807) is 32.2 Å². The Morgan fingerprint density at radius 2 is 2.00 bits per heavy atom. The molecule has 2 aromatic carbocycles. The average Bonchev–Trinajstić information content (AvgIpc) is 2.49. The molecular formula is C16H16O4. The van der Waals surface area contributed by atoms with Crippen molar-refractivity contribution in [3.63, 3.8) is 0 Å². The fourth-order valence-electron chi connectivity index (χ4n) is 1.91. The van der Waals surface area contributed by atoms with Crippen molar-refractivity contribution in [2.75, 3.05) is 7.11 Å².